The van der Waals surface area contributed by atoms with Crippen LogP contribution in [-0.2, 0) is 4.74 Å². The number of hydrogen-bond acceptors (Lipinski definition) is 4. The van der Waals surface area contributed by atoms with E-state index in [1.54, 1.807) is 6.07 Å². The third-order valence-corrected chi connectivity index (χ3v) is 3.72. The first-order chi connectivity index (χ1) is 9.60. The van der Waals surface area contributed by atoms with E-state index in [0.717, 1.165) is 31.9 Å². The highest BCUT2D eigenvalue weighted by molar-refractivity contribution is 6.33. The number of nitrogens with one attached hydrogen (secondary N) is 1. The second-order valence-corrected chi connectivity index (χ2v) is 5.17. The predicted molar refractivity (Wildman–Crippen MR) is 78.8 cm³/mol. The van der Waals surface area contributed by atoms with Crippen molar-refractivity contribution in [1.82, 2.24) is 4.90 Å². The van der Waals surface area contributed by atoms with Crippen LogP contribution in [0.25, 0.3) is 0 Å². The number of carboxylic acids is 1. The van der Waals surface area contributed by atoms with Gasteiger partial charge >= 0.3 is 5.97 Å². The molecule has 1 aromatic carbocycles. The fourth-order valence-corrected chi connectivity index (χ4v) is 2.45. The standard InChI is InChI=1S/C14H19ClN2O3/c1-2-17-5-6-20-11(9-17)8-16-13-4-3-10(14(18)19)7-12(13)15/h3-4,7,11,16H,2,5-6,8-9H2,1H3,(H,18,19). The Kier molecular flexibility index (Phi) is 5.23. The van der Waals surface area contributed by atoms with E-state index >= 15 is 0 Å². The number of benzene rings is 1. The number of likely N-dealkylation sites (N-methyl/N-ethyl adjacent to an activating group) is 1. The summed E-state index contributed by atoms with van der Waals surface area (Å²) in [6.45, 7) is 6.43. The maximum atomic E-state index is 10.8. The maximum absolute atomic E-state index is 10.8. The van der Waals surface area contributed by atoms with E-state index in [1.807, 2.05) is 0 Å². The first-order valence-electron chi connectivity index (χ1n) is 6.70. The topological polar surface area (TPSA) is 61.8 Å². The van der Waals surface area contributed by atoms with Crippen LogP contribution in [-0.4, -0.2) is 54.9 Å². The Hall–Kier alpha value is -1.30. The van der Waals surface area contributed by atoms with Crippen molar-refractivity contribution in [3.8, 4) is 0 Å². The quantitative estimate of drug-likeness (QED) is 0.872. The Bertz CT molecular complexity index is 481. The minimum Gasteiger partial charge on any atom is -0.478 e. The molecule has 0 aromatic heterocycles. The molecule has 0 aliphatic carbocycles. The summed E-state index contributed by atoms with van der Waals surface area (Å²) in [5.74, 6) is -0.979. The molecule has 1 aliphatic heterocycles. The Morgan fingerprint density at radius 1 is 1.60 bits per heavy atom. The average molecular weight is 299 g/mol. The van der Waals surface area contributed by atoms with Gasteiger partial charge in [0.05, 0.1) is 29.0 Å². The molecule has 0 saturated carbocycles. The second-order valence-electron chi connectivity index (χ2n) is 4.77. The van der Waals surface area contributed by atoms with Crippen molar-refractivity contribution in [1.29, 1.82) is 0 Å². The molecule has 1 unspecified atom stereocenters. The fraction of sp³-hybridized carbons (Fsp3) is 0.500. The molecule has 1 heterocycles. The van der Waals surface area contributed by atoms with Gasteiger partial charge in [-0.25, -0.2) is 4.79 Å². The van der Waals surface area contributed by atoms with Gasteiger partial charge in [-0.2, -0.15) is 0 Å². The molecule has 2 N–H and O–H groups in total. The summed E-state index contributed by atoms with van der Waals surface area (Å²) in [5.41, 5.74) is 0.917. The van der Waals surface area contributed by atoms with E-state index < -0.39 is 5.97 Å². The lowest BCUT2D eigenvalue weighted by Crippen LogP contribution is -2.45. The van der Waals surface area contributed by atoms with Crippen molar-refractivity contribution in [2.45, 2.75) is 13.0 Å². The smallest absolute Gasteiger partial charge is 0.335 e. The van der Waals surface area contributed by atoms with E-state index in [9.17, 15) is 4.79 Å². The molecule has 1 aliphatic rings. The molecule has 20 heavy (non-hydrogen) atoms. The van der Waals surface area contributed by atoms with Crippen LogP contribution < -0.4 is 5.32 Å². The van der Waals surface area contributed by atoms with E-state index in [2.05, 4.69) is 17.1 Å². The molecule has 110 valence electrons. The predicted octanol–water partition coefficient (Wildman–Crippen LogP) is 2.17. The van der Waals surface area contributed by atoms with Crippen molar-refractivity contribution >= 4 is 23.3 Å². The third kappa shape index (κ3) is 3.85. The Morgan fingerprint density at radius 2 is 2.40 bits per heavy atom. The van der Waals surface area contributed by atoms with Crippen LogP contribution in [0, 0.1) is 0 Å². The van der Waals surface area contributed by atoms with Crippen molar-refractivity contribution in [2.24, 2.45) is 0 Å². The number of ether oxygens (including phenoxy) is 1. The number of rotatable bonds is 5. The Labute approximate surface area is 123 Å². The molecule has 0 bridgehead atoms. The van der Waals surface area contributed by atoms with Gasteiger partial charge < -0.3 is 15.2 Å². The zero-order valence-electron chi connectivity index (χ0n) is 11.4. The van der Waals surface area contributed by atoms with E-state index in [4.69, 9.17) is 21.4 Å². The van der Waals surface area contributed by atoms with Crippen LogP contribution in [0.3, 0.4) is 0 Å². The molecule has 5 nitrogen and oxygen atoms in total. The molecular formula is C14H19ClN2O3. The number of carbonyl (C=O) groups is 1. The summed E-state index contributed by atoms with van der Waals surface area (Å²) in [6.07, 6.45) is 0.124. The van der Waals surface area contributed by atoms with Crippen molar-refractivity contribution in [3.05, 3.63) is 28.8 Å². The van der Waals surface area contributed by atoms with E-state index in [1.165, 1.54) is 12.1 Å². The van der Waals surface area contributed by atoms with Crippen molar-refractivity contribution in [2.75, 3.05) is 38.1 Å². The molecule has 0 radical (unpaired) electrons. The number of hydrogen-bond donors (Lipinski definition) is 2. The van der Waals surface area contributed by atoms with Crippen LogP contribution >= 0.6 is 11.6 Å². The highest BCUT2D eigenvalue weighted by atomic mass is 35.5. The summed E-state index contributed by atoms with van der Waals surface area (Å²) in [4.78, 5) is 13.2. The molecule has 1 saturated heterocycles. The molecular weight excluding hydrogens is 280 g/mol. The normalized spacial score (nSPS) is 19.8. The average Bonchev–Trinajstić information content (AvgIpc) is 2.46. The highest BCUT2D eigenvalue weighted by Gasteiger charge is 2.19. The lowest BCUT2D eigenvalue weighted by Gasteiger charge is -2.32. The third-order valence-electron chi connectivity index (χ3n) is 3.41. The molecule has 2 rings (SSSR count). The summed E-state index contributed by atoms with van der Waals surface area (Å²) in [6, 6.07) is 4.68. The molecule has 6 heteroatoms. The summed E-state index contributed by atoms with van der Waals surface area (Å²) >= 11 is 6.07. The molecule has 1 aromatic rings. The van der Waals surface area contributed by atoms with Crippen LogP contribution in [0.4, 0.5) is 5.69 Å². The number of anilines is 1. The van der Waals surface area contributed by atoms with Crippen LogP contribution in [0.1, 0.15) is 17.3 Å². The number of morpholine rings is 1. The number of aromatic carboxylic acids is 1. The van der Waals surface area contributed by atoms with Gasteiger partial charge in [0.25, 0.3) is 0 Å². The van der Waals surface area contributed by atoms with Crippen LogP contribution in [0.5, 0.6) is 0 Å². The van der Waals surface area contributed by atoms with Gasteiger partial charge in [0.1, 0.15) is 0 Å². The zero-order valence-corrected chi connectivity index (χ0v) is 12.2. The molecule has 0 spiro atoms. The second kappa shape index (κ2) is 6.92. The van der Waals surface area contributed by atoms with E-state index in [-0.39, 0.29) is 11.7 Å². The zero-order chi connectivity index (χ0) is 14.5. The van der Waals surface area contributed by atoms with Gasteiger partial charge in [-0.15, -0.1) is 0 Å². The number of nitrogens with zero attached hydrogens (tertiary/aromatic N) is 1. The molecule has 0 amide bonds. The van der Waals surface area contributed by atoms with Crippen LogP contribution in [0.15, 0.2) is 18.2 Å². The maximum Gasteiger partial charge on any atom is 0.335 e. The van der Waals surface area contributed by atoms with Gasteiger partial charge in [0.15, 0.2) is 0 Å². The largest absolute Gasteiger partial charge is 0.478 e. The lowest BCUT2D eigenvalue weighted by atomic mass is 10.2. The van der Waals surface area contributed by atoms with Crippen LogP contribution in [0.2, 0.25) is 5.02 Å². The fourth-order valence-electron chi connectivity index (χ4n) is 2.21. The van der Waals surface area contributed by atoms with Gasteiger partial charge in [-0.05, 0) is 24.7 Å². The van der Waals surface area contributed by atoms with Gasteiger partial charge in [0.2, 0.25) is 0 Å². The van der Waals surface area contributed by atoms with Gasteiger partial charge in [0, 0.05) is 19.6 Å². The molecule has 1 atom stereocenters. The summed E-state index contributed by atoms with van der Waals surface area (Å²) in [7, 11) is 0. The van der Waals surface area contributed by atoms with Gasteiger partial charge in [-0.3, -0.25) is 4.90 Å². The van der Waals surface area contributed by atoms with Gasteiger partial charge in [-0.1, -0.05) is 18.5 Å². The highest BCUT2D eigenvalue weighted by Crippen LogP contribution is 2.23. The number of carboxylic acid groups (broad SMARTS) is 1. The minimum absolute atomic E-state index is 0.124. The first-order valence-corrected chi connectivity index (χ1v) is 7.08. The van der Waals surface area contributed by atoms with Crippen molar-refractivity contribution in [3.63, 3.8) is 0 Å². The molecule has 1 fully saturated rings. The minimum atomic E-state index is -0.979. The summed E-state index contributed by atoms with van der Waals surface area (Å²) in [5, 5.41) is 12.5. The van der Waals surface area contributed by atoms with E-state index in [0.29, 0.717) is 11.6 Å². The van der Waals surface area contributed by atoms with Crippen molar-refractivity contribution < 1.29 is 14.6 Å². The first kappa shape index (κ1) is 15.1. The Balaban J connectivity index is 1.92. The summed E-state index contributed by atoms with van der Waals surface area (Å²) < 4.78 is 5.69. The Morgan fingerprint density at radius 3 is 3.05 bits per heavy atom. The monoisotopic (exact) mass is 298 g/mol. The lowest BCUT2D eigenvalue weighted by molar-refractivity contribution is -0.0191. The number of halogens is 1. The SMILES string of the molecule is CCN1CCOC(CNc2ccc(C(=O)O)cc2Cl)C1.